The van der Waals surface area contributed by atoms with Crippen LogP contribution >= 0.6 is 24.0 Å². The monoisotopic (exact) mass is 710 g/mol. The highest BCUT2D eigenvalue weighted by Gasteiger charge is 2.26. The molecule has 0 atom stereocenters. The van der Waals surface area contributed by atoms with E-state index in [-0.39, 0.29) is 11.2 Å². The number of thiocarbonyl (C=S) groups is 1. The summed E-state index contributed by atoms with van der Waals surface area (Å²) in [6, 6.07) is 15.8. The van der Waals surface area contributed by atoms with Crippen LogP contribution < -0.4 is 4.72 Å². The highest BCUT2D eigenvalue weighted by Crippen LogP contribution is 2.31. The molecule has 0 unspecified atom stereocenters. The molecule has 48 heavy (non-hydrogen) atoms. The Kier molecular flexibility index (Phi) is 14.0. The Hall–Kier alpha value is -2.89. The van der Waals surface area contributed by atoms with Gasteiger partial charge in [0.25, 0.3) is 0 Å². The summed E-state index contributed by atoms with van der Waals surface area (Å²) in [7, 11) is -1.42. The van der Waals surface area contributed by atoms with E-state index < -0.39 is 10.0 Å². The van der Waals surface area contributed by atoms with Gasteiger partial charge in [0.1, 0.15) is 4.32 Å². The smallest absolute Gasteiger partial charge is 0.232 e. The van der Waals surface area contributed by atoms with Crippen LogP contribution in [-0.2, 0) is 21.9 Å². The molecule has 0 fully saturated rings. The fourth-order valence-corrected chi connectivity index (χ4v) is 8.08. The zero-order chi connectivity index (χ0) is 34.7. The largest absolute Gasteiger partial charge is 0.360 e. The molecule has 0 amide bonds. The first kappa shape index (κ1) is 37.9. The van der Waals surface area contributed by atoms with Crippen molar-refractivity contribution in [3.8, 4) is 11.4 Å². The molecule has 262 valence electrons. The second kappa shape index (κ2) is 17.7. The highest BCUT2D eigenvalue weighted by atomic mass is 32.2. The number of hydrogen-bond donors (Lipinski definition) is 2. The lowest BCUT2D eigenvalue weighted by molar-refractivity contribution is 0.514. The summed E-state index contributed by atoms with van der Waals surface area (Å²) in [6.07, 6.45) is 12.4. The van der Waals surface area contributed by atoms with Crippen LogP contribution in [0.2, 0.25) is 0 Å². The molecule has 11 heteroatoms. The Morgan fingerprint density at radius 1 is 0.958 bits per heavy atom. The van der Waals surface area contributed by atoms with E-state index in [1.54, 1.807) is 17.8 Å². The molecular formula is C37H54N6O2S3. The predicted molar refractivity (Wildman–Crippen MR) is 207 cm³/mol. The van der Waals surface area contributed by atoms with Crippen LogP contribution in [0.3, 0.4) is 0 Å². The third kappa shape index (κ3) is 11.1. The first-order valence-corrected chi connectivity index (χ1v) is 20.3. The van der Waals surface area contributed by atoms with Crippen molar-refractivity contribution in [1.29, 1.82) is 0 Å². The van der Waals surface area contributed by atoms with Crippen molar-refractivity contribution >= 4 is 49.7 Å². The fraction of sp³-hybridized carbons (Fsp3) is 0.541. The number of nitrogens with one attached hydrogen (secondary N) is 2. The van der Waals surface area contributed by atoms with Crippen LogP contribution in [-0.4, -0.2) is 56.8 Å². The van der Waals surface area contributed by atoms with Crippen LogP contribution in [0, 0.1) is 6.92 Å². The molecule has 2 heterocycles. The van der Waals surface area contributed by atoms with E-state index in [2.05, 4.69) is 83.8 Å². The van der Waals surface area contributed by atoms with Gasteiger partial charge in [0.15, 0.2) is 11.5 Å². The first-order chi connectivity index (χ1) is 22.9. The lowest BCUT2D eigenvalue weighted by atomic mass is 9.88. The van der Waals surface area contributed by atoms with Crippen LogP contribution in [0.4, 0.5) is 5.69 Å². The summed E-state index contributed by atoms with van der Waals surface area (Å²) in [6.45, 7) is 11.6. The van der Waals surface area contributed by atoms with Crippen molar-refractivity contribution in [1.82, 2.24) is 24.7 Å². The Bertz CT molecular complexity index is 1720. The van der Waals surface area contributed by atoms with Crippen LogP contribution in [0.1, 0.15) is 109 Å². The Balaban J connectivity index is 1.39. The fourth-order valence-electron chi connectivity index (χ4n) is 5.81. The number of anilines is 1. The van der Waals surface area contributed by atoms with Crippen molar-refractivity contribution in [3.63, 3.8) is 0 Å². The second-order valence-electron chi connectivity index (χ2n) is 13.9. The number of fused-ring (bicyclic) bond motifs is 1. The molecule has 2 N–H and O–H groups in total. The van der Waals surface area contributed by atoms with E-state index in [9.17, 15) is 8.42 Å². The van der Waals surface area contributed by atoms with Gasteiger partial charge in [0, 0.05) is 46.4 Å². The van der Waals surface area contributed by atoms with E-state index in [1.165, 1.54) is 50.5 Å². The molecule has 4 rings (SSSR count). The number of aromatic nitrogens is 4. The molecule has 0 aliphatic rings. The summed E-state index contributed by atoms with van der Waals surface area (Å²) in [5.74, 6) is 0.760. The number of benzene rings is 2. The topological polar surface area (TPSA) is 95.4 Å². The molecule has 4 aromatic rings. The van der Waals surface area contributed by atoms with Gasteiger partial charge >= 0.3 is 0 Å². The maximum atomic E-state index is 12.9. The lowest BCUT2D eigenvalue weighted by Gasteiger charge is -2.22. The Morgan fingerprint density at radius 2 is 1.60 bits per heavy atom. The maximum absolute atomic E-state index is 12.9. The Morgan fingerprint density at radius 3 is 2.25 bits per heavy atom. The van der Waals surface area contributed by atoms with Gasteiger partial charge < -0.3 is 4.90 Å². The van der Waals surface area contributed by atoms with E-state index >= 15 is 0 Å². The van der Waals surface area contributed by atoms with Crippen LogP contribution in [0.25, 0.3) is 17.0 Å². The Labute approximate surface area is 297 Å². The van der Waals surface area contributed by atoms with E-state index in [0.29, 0.717) is 17.9 Å². The normalized spacial score (nSPS) is 12.1. The summed E-state index contributed by atoms with van der Waals surface area (Å²) < 4.78 is 31.4. The average Bonchev–Trinajstić information content (AvgIpc) is 3.62. The molecule has 0 bridgehead atoms. The number of H-pyrrole nitrogens is 1. The van der Waals surface area contributed by atoms with Gasteiger partial charge in [-0.1, -0.05) is 139 Å². The maximum Gasteiger partial charge on any atom is 0.232 e. The molecule has 0 radical (unpaired) electrons. The van der Waals surface area contributed by atoms with Crippen molar-refractivity contribution in [3.05, 3.63) is 65.4 Å². The molecule has 2 aromatic heterocycles. The van der Waals surface area contributed by atoms with Crippen LogP contribution in [0.15, 0.2) is 53.4 Å². The molecule has 0 saturated carbocycles. The minimum absolute atomic E-state index is 0.124. The zero-order valence-electron chi connectivity index (χ0n) is 29.6. The number of aromatic amines is 1. The lowest BCUT2D eigenvalue weighted by Crippen LogP contribution is -2.26. The van der Waals surface area contributed by atoms with Gasteiger partial charge in [0.05, 0.1) is 5.75 Å². The van der Waals surface area contributed by atoms with Crippen molar-refractivity contribution in [2.75, 3.05) is 24.1 Å². The first-order valence-electron chi connectivity index (χ1n) is 17.4. The van der Waals surface area contributed by atoms with Gasteiger partial charge in [-0.25, -0.2) is 12.9 Å². The number of thioether (sulfide) groups is 1. The zero-order valence-corrected chi connectivity index (χ0v) is 32.1. The minimum Gasteiger partial charge on any atom is -0.360 e. The van der Waals surface area contributed by atoms with E-state index in [4.69, 9.17) is 12.2 Å². The van der Waals surface area contributed by atoms with Crippen LogP contribution in [0.5, 0.6) is 0 Å². The van der Waals surface area contributed by atoms with Crippen molar-refractivity contribution in [2.24, 2.45) is 0 Å². The van der Waals surface area contributed by atoms with Gasteiger partial charge in [-0.05, 0) is 44.0 Å². The highest BCUT2D eigenvalue weighted by molar-refractivity contribution is 8.22. The minimum atomic E-state index is -3.45. The summed E-state index contributed by atoms with van der Waals surface area (Å²) in [5.41, 5.74) is 5.34. The molecule has 8 nitrogen and oxygen atoms in total. The third-order valence-corrected chi connectivity index (χ3v) is 11.5. The predicted octanol–water partition coefficient (Wildman–Crippen LogP) is 9.54. The number of hydrogen-bond acceptors (Lipinski definition) is 6. The van der Waals surface area contributed by atoms with Gasteiger partial charge in [0.2, 0.25) is 10.0 Å². The molecule has 2 aromatic carbocycles. The standard InChI is InChI=1S/C37H54N6O2S3/c1-7-8-9-10-11-12-13-14-15-16-26-48(44,45)41-30-19-17-18-29(27-30)34-38-39-35-32(33(37(3,4)5)40-43(34)35)24-25-42(6)36(46)47-31-22-20-28(2)21-23-31/h17-23,27,40-41H,7-16,24-26H2,1-6H3. The molecule has 0 spiro atoms. The molecule has 0 aliphatic carbocycles. The second-order valence-corrected chi connectivity index (χ2v) is 17.5. The molecule has 0 aliphatic heterocycles. The summed E-state index contributed by atoms with van der Waals surface area (Å²) in [5, 5.41) is 12.7. The molecular weight excluding hydrogens is 657 g/mol. The summed E-state index contributed by atoms with van der Waals surface area (Å²) >= 11 is 7.36. The van der Waals surface area contributed by atoms with Crippen molar-refractivity contribution < 1.29 is 8.42 Å². The number of sulfonamides is 1. The van der Waals surface area contributed by atoms with E-state index in [1.807, 2.05) is 29.8 Å². The summed E-state index contributed by atoms with van der Waals surface area (Å²) in [4.78, 5) is 3.24. The van der Waals surface area contributed by atoms with E-state index in [0.717, 1.165) is 57.5 Å². The number of rotatable bonds is 18. The average molecular weight is 711 g/mol. The van der Waals surface area contributed by atoms with Crippen molar-refractivity contribution in [2.45, 2.75) is 116 Å². The van der Waals surface area contributed by atoms with Gasteiger partial charge in [-0.15, -0.1) is 10.2 Å². The quantitative estimate of drug-likeness (QED) is 0.0603. The third-order valence-electron chi connectivity index (χ3n) is 8.60. The number of nitrogens with zero attached hydrogens (tertiary/aromatic N) is 4. The number of aryl methyl sites for hydroxylation is 1. The molecule has 0 saturated heterocycles. The van der Waals surface area contributed by atoms with Gasteiger partial charge in [-0.2, -0.15) is 0 Å². The van der Waals surface area contributed by atoms with Gasteiger partial charge in [-0.3, -0.25) is 9.82 Å². The SMILES string of the molecule is CCCCCCCCCCCCS(=O)(=O)Nc1cccc(-c2nnc3c(CCN(C)C(=S)Sc4ccc(C)cc4)c(C(C)(C)C)[nH]n23)c1. The number of likely N-dealkylation sites (N-methyl/N-ethyl adjacent to an activating group) is 1. The number of unbranched alkanes of at least 4 members (excludes halogenated alkanes) is 9.